The molecule has 0 aliphatic rings. The van der Waals surface area contributed by atoms with E-state index in [0.717, 1.165) is 4.43 Å². The quantitative estimate of drug-likeness (QED) is 0.0108. The number of hydrogen-bond donors (Lipinski definition) is 4. The van der Waals surface area contributed by atoms with Crippen molar-refractivity contribution in [2.75, 3.05) is 14.1 Å². The van der Waals surface area contributed by atoms with E-state index in [4.69, 9.17) is 16.4 Å². The molecule has 434 valence electrons. The van der Waals surface area contributed by atoms with Gasteiger partial charge in [-0.15, -0.1) is 0 Å². The average molecular weight is 1170 g/mol. The van der Waals surface area contributed by atoms with Crippen LogP contribution in [0.4, 0.5) is 0 Å². The average Bonchev–Trinajstić information content (AvgIpc) is 3.30. The van der Waals surface area contributed by atoms with Gasteiger partial charge in [0.15, 0.2) is 0 Å². The van der Waals surface area contributed by atoms with Crippen LogP contribution in [0.5, 0.6) is 0 Å². The van der Waals surface area contributed by atoms with E-state index in [1.807, 2.05) is 47.9 Å². The number of carbonyl (C=O) groups is 2. The van der Waals surface area contributed by atoms with Gasteiger partial charge in [0.2, 0.25) is 36.2 Å². The number of hydrogen-bond acceptors (Lipinski definition) is 15. The number of carboxylic acid groups (broad SMARTS) is 1. The summed E-state index contributed by atoms with van der Waals surface area (Å²) in [7, 11) is 3.79. The summed E-state index contributed by atoms with van der Waals surface area (Å²) in [4.78, 5) is 78.6. The van der Waals surface area contributed by atoms with Gasteiger partial charge in [-0.3, -0.25) is 50.0 Å². The van der Waals surface area contributed by atoms with Crippen molar-refractivity contribution in [2.45, 2.75) is 212 Å². The lowest BCUT2D eigenvalue weighted by Crippen LogP contribution is -2.49. The Kier molecular flexibility index (Phi) is 46.1. The van der Waals surface area contributed by atoms with Crippen LogP contribution >= 0.6 is 22.6 Å². The Labute approximate surface area is 457 Å². The molecule has 1 aromatic carbocycles. The molecule has 0 bridgehead atoms. The number of nitro groups is 4. The monoisotopic (exact) mass is 1170 g/mol. The summed E-state index contributed by atoms with van der Waals surface area (Å²) in [5, 5.41) is 60.0. The summed E-state index contributed by atoms with van der Waals surface area (Å²) < 4.78 is 1.11. The maximum Gasteiger partial charge on any atom is 0.309 e. The number of nitrogens with two attached hydrogens (primary N) is 1. The molecule has 1 amide bonds. The van der Waals surface area contributed by atoms with Gasteiger partial charge in [0.1, 0.15) is 0 Å². The van der Waals surface area contributed by atoms with Crippen LogP contribution < -0.4 is 16.4 Å². The smallest absolute Gasteiger partial charge is 0.309 e. The SMILES string of the molecule is C.C.C.CC(C(C)C(C)(C)C(=O)N=[N+]=[N-])[N+](=O)[O-].CC(C(C)C(C)(C)C(=O)O)[N+](=O)[O-].CC(C(C)C(C)(C)N=C=O)[N+](=O)[O-].CNC(C)(C)C(C)C(C)N.CNC(C)(C)C(C)C(C)[N+](=O)[O-].ICc1ccccc1. The van der Waals surface area contributed by atoms with Crippen LogP contribution in [0, 0.1) is 80.9 Å². The third-order valence-corrected chi connectivity index (χ3v) is 15.4. The summed E-state index contributed by atoms with van der Waals surface area (Å²) in [6, 6.07) is 7.75. The van der Waals surface area contributed by atoms with E-state index in [9.17, 15) is 54.8 Å². The number of aliphatic imine (C=N–C) groups is 1. The summed E-state index contributed by atoms with van der Waals surface area (Å²) in [6.07, 6.45) is 1.44. The number of carboxylic acids is 1. The van der Waals surface area contributed by atoms with Gasteiger partial charge in [-0.25, -0.2) is 4.79 Å². The minimum absolute atomic E-state index is 0. The van der Waals surface area contributed by atoms with Crippen LogP contribution in [0.1, 0.15) is 166 Å². The third kappa shape index (κ3) is 31.9. The Morgan fingerprint density at radius 2 is 0.959 bits per heavy atom. The molecule has 24 heteroatoms. The minimum atomic E-state index is -1.06. The zero-order valence-corrected chi connectivity index (χ0v) is 48.5. The van der Waals surface area contributed by atoms with Crippen molar-refractivity contribution in [1.29, 1.82) is 0 Å². The molecular formula is C50H100IN11O12. The van der Waals surface area contributed by atoms with Crippen molar-refractivity contribution in [3.05, 3.63) is 86.8 Å². The van der Waals surface area contributed by atoms with E-state index >= 15 is 0 Å². The first-order valence-electron chi connectivity index (χ1n) is 23.1. The van der Waals surface area contributed by atoms with Gasteiger partial charge in [0.05, 0.1) is 11.0 Å². The number of nitrogens with zero attached hydrogens (tertiary/aromatic N) is 8. The fourth-order valence-corrected chi connectivity index (χ4v) is 6.10. The van der Waals surface area contributed by atoms with E-state index < -0.39 is 74.1 Å². The molecule has 0 aliphatic carbocycles. The normalized spacial score (nSPS) is 14.9. The first-order valence-corrected chi connectivity index (χ1v) is 24.7. The summed E-state index contributed by atoms with van der Waals surface area (Å²) in [5.41, 5.74) is 12.4. The Morgan fingerprint density at radius 1 is 0.649 bits per heavy atom. The molecule has 1 aromatic rings. The van der Waals surface area contributed by atoms with Crippen molar-refractivity contribution in [3.63, 3.8) is 0 Å². The molecule has 0 saturated carbocycles. The van der Waals surface area contributed by atoms with Gasteiger partial charge in [0.25, 0.3) is 0 Å². The van der Waals surface area contributed by atoms with E-state index in [1.165, 1.54) is 60.1 Å². The summed E-state index contributed by atoms with van der Waals surface area (Å²) in [6.45, 7) is 34.7. The number of halogens is 1. The van der Waals surface area contributed by atoms with Crippen molar-refractivity contribution < 1.29 is 39.2 Å². The molecule has 74 heavy (non-hydrogen) atoms. The van der Waals surface area contributed by atoms with Crippen molar-refractivity contribution in [1.82, 2.24) is 10.6 Å². The second-order valence-corrected chi connectivity index (χ2v) is 21.3. The van der Waals surface area contributed by atoms with Gasteiger partial charge in [0, 0.05) is 103 Å². The van der Waals surface area contributed by atoms with Gasteiger partial charge in [-0.05, 0) is 98.5 Å². The number of alkyl halides is 1. The molecule has 23 nitrogen and oxygen atoms in total. The van der Waals surface area contributed by atoms with Crippen molar-refractivity contribution in [2.24, 2.45) is 56.3 Å². The number of azide groups is 1. The number of isocyanates is 1. The van der Waals surface area contributed by atoms with E-state index in [1.54, 1.807) is 41.5 Å². The topological polar surface area (TPSA) is 355 Å². The highest BCUT2D eigenvalue weighted by atomic mass is 127. The second-order valence-electron chi connectivity index (χ2n) is 20.6. The Balaban J connectivity index is -0.000000118. The molecule has 0 fully saturated rings. The van der Waals surface area contributed by atoms with Crippen LogP contribution in [0.15, 0.2) is 40.4 Å². The lowest BCUT2D eigenvalue weighted by molar-refractivity contribution is -0.530. The standard InChI is InChI=1S/C8H14N4O3.C8H14N2O3.C8H18N2O2.C8H20N2.C8H15NO4.C7H7I.3CH4/c1-5(6(2)12(14)15)8(3,4)7(13)10-11-9;1-6(7(2)10(12)13)8(3,4)9-5-11;1-6(7(2)10(11)12)8(3,4)9-5;1-6(7(2)9)8(3,4)10-5;1-5(6(2)9(12)13)8(3,4)7(10)11;8-6-7-4-2-1-3-5-7;;;/h5-6H,1-4H3;6-7H,1-4H3;6-7,9H,1-5H3;6-7,10H,9H2,1-5H3;5-6H,1-4H3,(H,10,11);1-5H,6H2;3*1H4. The highest BCUT2D eigenvalue weighted by molar-refractivity contribution is 14.1. The molecule has 0 saturated heterocycles. The third-order valence-electron chi connectivity index (χ3n) is 14.5. The molecule has 0 heterocycles. The number of aliphatic carboxylic acids is 1. The molecule has 5 N–H and O–H groups in total. The van der Waals surface area contributed by atoms with E-state index in [2.05, 4.69) is 93.3 Å². The molecule has 1 rings (SSSR count). The van der Waals surface area contributed by atoms with Gasteiger partial charge < -0.3 is 21.5 Å². The predicted molar refractivity (Wildman–Crippen MR) is 307 cm³/mol. The lowest BCUT2D eigenvalue weighted by atomic mass is 9.76. The molecule has 0 aliphatic heterocycles. The number of amides is 1. The predicted octanol–water partition coefficient (Wildman–Crippen LogP) is 11.7. The Bertz CT molecular complexity index is 1860. The van der Waals surface area contributed by atoms with E-state index in [-0.39, 0.29) is 61.1 Å². The van der Waals surface area contributed by atoms with Crippen molar-refractivity contribution in [3.8, 4) is 0 Å². The van der Waals surface area contributed by atoms with Crippen LogP contribution in [-0.2, 0) is 18.8 Å². The van der Waals surface area contributed by atoms with E-state index in [0.29, 0.717) is 5.92 Å². The minimum Gasteiger partial charge on any atom is -0.481 e. The molecule has 0 radical (unpaired) electrons. The lowest BCUT2D eigenvalue weighted by Gasteiger charge is -2.34. The first kappa shape index (κ1) is 86.0. The first-order chi connectivity index (χ1) is 32.0. The highest BCUT2D eigenvalue weighted by Crippen LogP contribution is 2.32. The van der Waals surface area contributed by atoms with Crippen LogP contribution in [0.25, 0.3) is 10.4 Å². The number of rotatable bonds is 20. The number of nitrogens with one attached hydrogen (secondary N) is 2. The van der Waals surface area contributed by atoms with Gasteiger partial charge >= 0.3 is 5.97 Å². The second kappa shape index (κ2) is 39.6. The zero-order valence-electron chi connectivity index (χ0n) is 46.3. The largest absolute Gasteiger partial charge is 0.481 e. The zero-order chi connectivity index (χ0) is 57.8. The van der Waals surface area contributed by atoms with Gasteiger partial charge in [-0.2, -0.15) is 4.99 Å². The Hall–Kier alpha value is -4.74. The van der Waals surface area contributed by atoms with Crippen LogP contribution in [-0.4, -0.2) is 104 Å². The van der Waals surface area contributed by atoms with Crippen molar-refractivity contribution >= 4 is 40.5 Å². The maximum atomic E-state index is 11.4. The number of carbonyl (C=O) groups excluding carboxylic acids is 2. The number of benzene rings is 1. The van der Waals surface area contributed by atoms with Crippen LogP contribution in [0.2, 0.25) is 0 Å². The van der Waals surface area contributed by atoms with Crippen LogP contribution in [0.3, 0.4) is 0 Å². The summed E-state index contributed by atoms with van der Waals surface area (Å²) in [5.74, 6) is -2.48. The molecule has 10 unspecified atom stereocenters. The fraction of sp³-hybridized carbons (Fsp3) is 0.820. The molecule has 10 atom stereocenters. The maximum absolute atomic E-state index is 11.4. The summed E-state index contributed by atoms with van der Waals surface area (Å²) >= 11 is 2.35. The molecule has 0 aromatic heterocycles. The molecular weight excluding hydrogens is 1070 g/mol. The van der Waals surface area contributed by atoms with Gasteiger partial charge in [-0.1, -0.05) is 124 Å². The highest BCUT2D eigenvalue weighted by Gasteiger charge is 2.42. The fourth-order valence-electron chi connectivity index (χ4n) is 5.59. The molecule has 0 spiro atoms. The Morgan fingerprint density at radius 3 is 1.20 bits per heavy atom.